The van der Waals surface area contributed by atoms with Crippen LogP contribution in [-0.2, 0) is 17.8 Å². The summed E-state index contributed by atoms with van der Waals surface area (Å²) in [6.07, 6.45) is 0. The van der Waals surface area contributed by atoms with Crippen molar-refractivity contribution < 1.29 is 25.7 Å². The van der Waals surface area contributed by atoms with Crippen molar-refractivity contribution in [3.63, 3.8) is 0 Å². The van der Waals surface area contributed by atoms with Gasteiger partial charge in [-0.05, 0) is 0 Å². The molecule has 0 saturated carbocycles. The minimum atomic E-state index is -15.1. The van der Waals surface area contributed by atoms with Crippen molar-refractivity contribution in [3.05, 3.63) is 0 Å². The minimum absolute atomic E-state index is 1.17. The summed E-state index contributed by atoms with van der Waals surface area (Å²) in [5, 5.41) is 50.5. The number of nitrogens with zero attached hydrogens (tertiary/aromatic N) is 6. The number of hydrogen-bond acceptors (Lipinski definition) is 9. The van der Waals surface area contributed by atoms with E-state index in [0.717, 1.165) is 0 Å². The predicted octanol–water partition coefficient (Wildman–Crippen LogP) is -1.37. The van der Waals surface area contributed by atoms with Crippen LogP contribution in [-0.4, -0.2) is 7.87 Å². The fourth-order valence-corrected chi connectivity index (χ4v) is 1.57. The van der Waals surface area contributed by atoms with Gasteiger partial charge in [-0.2, -0.15) is 0 Å². The van der Waals surface area contributed by atoms with E-state index in [-0.39, 0.29) is 0 Å². The Kier molecular flexibility index (Phi) is 0.569. The van der Waals surface area contributed by atoms with Gasteiger partial charge in [0.15, 0.2) is 0 Å². The summed E-state index contributed by atoms with van der Waals surface area (Å²) in [6, 6.07) is 0. The van der Waals surface area contributed by atoms with E-state index in [4.69, 9.17) is 31.6 Å². The zero-order valence-corrected chi connectivity index (χ0v) is 9.89. The summed E-state index contributed by atoms with van der Waals surface area (Å²) in [4.78, 5) is 0. The van der Waals surface area contributed by atoms with E-state index >= 15 is 0 Å². The Labute approximate surface area is 85.6 Å². The van der Waals surface area contributed by atoms with Crippen molar-refractivity contribution in [3.8, 4) is 28.0 Å². The third-order valence-corrected chi connectivity index (χ3v) is 13.0. The first kappa shape index (κ1) is 14.9. The Hall–Kier alpha value is -3.12. The van der Waals surface area contributed by atoms with Crippen molar-refractivity contribution in [2.45, 2.75) is 0 Å². The molecular formula is C6H2N6O5Ru. The van der Waals surface area contributed by atoms with Gasteiger partial charge in [-0.1, -0.05) is 0 Å². The maximum absolute atomic E-state index is 15.1. The Morgan fingerprint density at radius 2 is 0.667 bits per heavy atom. The summed E-state index contributed by atoms with van der Waals surface area (Å²) in [5.41, 5.74) is 0. The van der Waals surface area contributed by atoms with E-state index in [1.807, 2.05) is 0 Å². The van der Waals surface area contributed by atoms with Crippen LogP contribution < -0.4 is 0 Å². The molecule has 0 unspecified atom stereocenters. The Morgan fingerprint density at radius 1 is 0.556 bits per heavy atom. The van der Waals surface area contributed by atoms with Gasteiger partial charge in [0.2, 0.25) is 0 Å². The first-order chi connectivity index (χ1) is 7.03. The second-order valence-corrected chi connectivity index (χ2v) is 27.7. The van der Waals surface area contributed by atoms with Crippen LogP contribution in [0.1, 0.15) is 0 Å². The number of nitriles is 6. The molecule has 0 atom stereocenters. The SMILES string of the molecule is N#[C][Ru](=[O])(=[O])(=[O])([OH])([OH])([C]#N)([C]#N)([C]#N)([C]#N)[C]#N. The summed E-state index contributed by atoms with van der Waals surface area (Å²) in [5.74, 6) is 0. The maximum atomic E-state index is 12.3. The summed E-state index contributed by atoms with van der Waals surface area (Å²) in [6.45, 7) is 0. The van der Waals surface area contributed by atoms with E-state index in [1.165, 1.54) is 0 Å². The van der Waals surface area contributed by atoms with Gasteiger partial charge in [-0.3, -0.25) is 0 Å². The Bertz CT molecular complexity index is 1280. The summed E-state index contributed by atoms with van der Waals surface area (Å²) < 4.78 is 48.7. The van der Waals surface area contributed by atoms with Gasteiger partial charge in [-0.15, -0.1) is 0 Å². The first-order valence-corrected chi connectivity index (χ1v) is 12.0. The molecule has 0 aromatic carbocycles. The fourth-order valence-electron chi connectivity index (χ4n) is 0.265. The van der Waals surface area contributed by atoms with Crippen LogP contribution in [0.5, 0.6) is 0 Å². The van der Waals surface area contributed by atoms with Crippen molar-refractivity contribution in [1.29, 1.82) is 31.6 Å². The normalized spacial score (nSPS) is 29.2. The molecular weight excluding hydrogens is 337 g/mol. The standard InChI is InChI=1S/6CN.2H2O.3O.Ru/c6*1-2;;;;;;/h;;;;;;2*1H2;;;;/q;;;;;;;;;;;+2/p-2. The molecule has 0 aliphatic carbocycles. The Morgan fingerprint density at radius 3 is 0.667 bits per heavy atom. The van der Waals surface area contributed by atoms with E-state index in [1.54, 1.807) is 0 Å². The zero-order chi connectivity index (χ0) is 15.5. The van der Waals surface area contributed by atoms with Gasteiger partial charge in [-0.25, -0.2) is 0 Å². The molecule has 0 aliphatic rings. The molecule has 11 nitrogen and oxygen atoms in total. The number of hydrogen-bond donors (Lipinski definition) is 2. The third-order valence-electron chi connectivity index (χ3n) is 2.19. The first-order valence-electron chi connectivity index (χ1n) is 3.15. The quantitative estimate of drug-likeness (QED) is 0.488. The molecule has 0 aromatic rings. The average molecular weight is 339 g/mol. The van der Waals surface area contributed by atoms with E-state index < -0.39 is 35.1 Å². The van der Waals surface area contributed by atoms with Crippen LogP contribution in [0, 0.1) is 59.6 Å². The molecule has 0 rings (SSSR count). The van der Waals surface area contributed by atoms with Crippen LogP contribution in [0.4, 0.5) is 0 Å². The van der Waals surface area contributed by atoms with Gasteiger partial charge >= 0.3 is 85.3 Å². The van der Waals surface area contributed by atoms with Gasteiger partial charge in [0, 0.05) is 0 Å². The third kappa shape index (κ3) is 0.562. The topological polar surface area (TPSA) is 234 Å². The van der Waals surface area contributed by atoms with Gasteiger partial charge in [0.1, 0.15) is 0 Å². The monoisotopic (exact) mass is 340 g/mol. The molecule has 0 fully saturated rings. The number of rotatable bonds is 0. The second kappa shape index (κ2) is 0.688. The van der Waals surface area contributed by atoms with Crippen molar-refractivity contribution in [2.75, 3.05) is 0 Å². The van der Waals surface area contributed by atoms with Crippen molar-refractivity contribution in [2.24, 2.45) is 0 Å². The molecule has 12 heteroatoms. The summed E-state index contributed by atoms with van der Waals surface area (Å²) >= 11 is 0. The predicted molar refractivity (Wildman–Crippen MR) is 40.2 cm³/mol. The zero-order valence-electron chi connectivity index (χ0n) is 8.16. The molecule has 0 spiro atoms. The Balaban J connectivity index is 11.2. The molecule has 94 valence electrons. The van der Waals surface area contributed by atoms with Crippen molar-refractivity contribution >= 4 is 0 Å². The van der Waals surface area contributed by atoms with Crippen LogP contribution in [0.2, 0.25) is 0 Å². The van der Waals surface area contributed by atoms with Crippen molar-refractivity contribution in [1.82, 2.24) is 0 Å². The van der Waals surface area contributed by atoms with Crippen LogP contribution in [0.3, 0.4) is 0 Å². The molecule has 18 heavy (non-hydrogen) atoms. The molecule has 0 aliphatic heterocycles. The van der Waals surface area contributed by atoms with Crippen LogP contribution >= 0.6 is 0 Å². The van der Waals surface area contributed by atoms with Gasteiger partial charge < -0.3 is 0 Å². The van der Waals surface area contributed by atoms with E-state index in [2.05, 4.69) is 0 Å². The molecule has 0 bridgehead atoms. The van der Waals surface area contributed by atoms with Gasteiger partial charge in [0.25, 0.3) is 0 Å². The van der Waals surface area contributed by atoms with Gasteiger partial charge in [0.05, 0.1) is 0 Å². The average Bonchev–Trinajstić information content (AvgIpc) is 2.35. The molecule has 0 saturated heterocycles. The molecule has 0 radical (unpaired) electrons. The van der Waals surface area contributed by atoms with E-state index in [9.17, 15) is 18.6 Å². The molecule has 0 aromatic heterocycles. The molecule has 0 amide bonds. The van der Waals surface area contributed by atoms with Crippen LogP contribution in [0.25, 0.3) is 0 Å². The second-order valence-electron chi connectivity index (χ2n) is 4.68. The van der Waals surface area contributed by atoms with Crippen LogP contribution in [0.15, 0.2) is 0 Å². The van der Waals surface area contributed by atoms with E-state index in [0.29, 0.717) is 0 Å². The molecule has 2 N–H and O–H groups in total. The molecule has 0 heterocycles. The fraction of sp³-hybridized carbons (Fsp3) is 0. The summed E-state index contributed by atoms with van der Waals surface area (Å²) in [7, 11) is -15.1.